The highest BCUT2D eigenvalue weighted by Crippen LogP contribution is 2.33. The zero-order chi connectivity index (χ0) is 23.6. The van der Waals surface area contributed by atoms with Gasteiger partial charge in [-0.2, -0.15) is 8.78 Å². The monoisotopic (exact) mass is 449 g/mol. The van der Waals surface area contributed by atoms with Crippen molar-refractivity contribution in [2.24, 2.45) is 0 Å². The van der Waals surface area contributed by atoms with Gasteiger partial charge in [0.15, 0.2) is 11.6 Å². The largest absolute Gasteiger partial charge is 0.494 e. The summed E-state index contributed by atoms with van der Waals surface area (Å²) in [6.07, 6.45) is -0.449. The zero-order valence-electron chi connectivity index (χ0n) is 17.9. The molecule has 0 amide bonds. The van der Waals surface area contributed by atoms with Crippen LogP contribution in [0, 0.1) is 12.7 Å². The smallest absolute Gasteiger partial charge is 0.387 e. The quantitative estimate of drug-likeness (QED) is 0.481. The fourth-order valence-corrected chi connectivity index (χ4v) is 3.48. The maximum absolute atomic E-state index is 14.5. The molecular weight excluding hydrogens is 427 g/mol. The standard InChI is InChI=1S/C23H22F3NO5/c1-12(2)31-21(28)10-16-13(3)27(19-11-18(24)20(30-4)9-17(16)19)22(29)14-5-7-15(8-6-14)32-23(25)26/h5-9,11-12,23H,10H2,1-4H3. The van der Waals surface area contributed by atoms with E-state index in [1.807, 2.05) is 0 Å². The van der Waals surface area contributed by atoms with Crippen LogP contribution in [-0.4, -0.2) is 36.3 Å². The zero-order valence-corrected chi connectivity index (χ0v) is 17.9. The average molecular weight is 449 g/mol. The summed E-state index contributed by atoms with van der Waals surface area (Å²) in [5.41, 5.74) is 1.33. The third-order valence-corrected chi connectivity index (χ3v) is 4.83. The lowest BCUT2D eigenvalue weighted by Gasteiger charge is -2.10. The van der Waals surface area contributed by atoms with Crippen molar-refractivity contribution in [1.29, 1.82) is 0 Å². The van der Waals surface area contributed by atoms with Crippen molar-refractivity contribution in [2.45, 2.75) is 39.9 Å². The molecule has 2 aromatic carbocycles. The Kier molecular flexibility index (Phi) is 6.76. The van der Waals surface area contributed by atoms with Crippen molar-refractivity contribution in [2.75, 3.05) is 7.11 Å². The van der Waals surface area contributed by atoms with Gasteiger partial charge in [0.05, 0.1) is 25.2 Å². The van der Waals surface area contributed by atoms with Crippen molar-refractivity contribution in [3.63, 3.8) is 0 Å². The molecule has 0 aliphatic heterocycles. The SMILES string of the molecule is COc1cc2c(CC(=O)OC(C)C)c(C)n(C(=O)c3ccc(OC(F)F)cc3)c2cc1F. The van der Waals surface area contributed by atoms with E-state index in [0.717, 1.165) is 6.07 Å². The normalized spacial score (nSPS) is 11.3. The third kappa shape index (κ3) is 4.71. The van der Waals surface area contributed by atoms with Gasteiger partial charge in [0, 0.05) is 22.7 Å². The lowest BCUT2D eigenvalue weighted by molar-refractivity contribution is -0.146. The van der Waals surface area contributed by atoms with E-state index >= 15 is 0 Å². The van der Waals surface area contributed by atoms with Crippen molar-refractivity contribution >= 4 is 22.8 Å². The summed E-state index contributed by atoms with van der Waals surface area (Å²) >= 11 is 0. The minimum absolute atomic E-state index is 0.0333. The number of nitrogens with zero attached hydrogens (tertiary/aromatic N) is 1. The molecule has 0 bridgehead atoms. The lowest BCUT2D eigenvalue weighted by atomic mass is 10.1. The van der Waals surface area contributed by atoms with E-state index in [2.05, 4.69) is 4.74 Å². The van der Waals surface area contributed by atoms with Crippen LogP contribution in [0.5, 0.6) is 11.5 Å². The molecule has 0 aliphatic carbocycles. The van der Waals surface area contributed by atoms with E-state index in [1.165, 1.54) is 42.0 Å². The number of carbonyl (C=O) groups excluding carboxylic acids is 2. The molecule has 170 valence electrons. The van der Waals surface area contributed by atoms with E-state index in [-0.39, 0.29) is 35.1 Å². The minimum Gasteiger partial charge on any atom is -0.494 e. The maximum Gasteiger partial charge on any atom is 0.387 e. The molecule has 0 atom stereocenters. The molecule has 0 N–H and O–H groups in total. The Morgan fingerprint density at radius 2 is 1.75 bits per heavy atom. The van der Waals surface area contributed by atoms with Gasteiger partial charge in [-0.05, 0) is 56.7 Å². The van der Waals surface area contributed by atoms with E-state index in [4.69, 9.17) is 9.47 Å². The number of rotatable bonds is 7. The highest BCUT2D eigenvalue weighted by Gasteiger charge is 2.24. The Morgan fingerprint density at radius 3 is 2.31 bits per heavy atom. The molecule has 0 spiro atoms. The van der Waals surface area contributed by atoms with Crippen LogP contribution in [0.15, 0.2) is 36.4 Å². The van der Waals surface area contributed by atoms with Crippen LogP contribution in [0.2, 0.25) is 0 Å². The van der Waals surface area contributed by atoms with E-state index in [0.29, 0.717) is 16.6 Å². The second-order valence-corrected chi connectivity index (χ2v) is 7.33. The van der Waals surface area contributed by atoms with Gasteiger partial charge >= 0.3 is 12.6 Å². The summed E-state index contributed by atoms with van der Waals surface area (Å²) < 4.78 is 55.1. The number of alkyl halides is 2. The molecule has 3 aromatic rings. The number of halogens is 3. The van der Waals surface area contributed by atoms with Crippen LogP contribution in [0.25, 0.3) is 10.9 Å². The number of methoxy groups -OCH3 is 1. The number of ether oxygens (including phenoxy) is 3. The van der Waals surface area contributed by atoms with Gasteiger partial charge in [-0.3, -0.25) is 14.2 Å². The molecule has 1 heterocycles. The minimum atomic E-state index is -2.99. The first-order valence-electron chi connectivity index (χ1n) is 9.78. The Morgan fingerprint density at radius 1 is 1.09 bits per heavy atom. The summed E-state index contributed by atoms with van der Waals surface area (Å²) in [6, 6.07) is 7.73. The number of aromatic nitrogens is 1. The van der Waals surface area contributed by atoms with Crippen LogP contribution < -0.4 is 9.47 Å². The number of benzene rings is 2. The Labute approximate surface area is 182 Å². The van der Waals surface area contributed by atoms with Gasteiger partial charge in [-0.15, -0.1) is 0 Å². The van der Waals surface area contributed by atoms with Crippen LogP contribution in [0.1, 0.15) is 35.5 Å². The van der Waals surface area contributed by atoms with Crippen LogP contribution in [-0.2, 0) is 16.0 Å². The number of hydrogen-bond donors (Lipinski definition) is 0. The van der Waals surface area contributed by atoms with Crippen molar-refractivity contribution < 1.29 is 37.0 Å². The van der Waals surface area contributed by atoms with E-state index in [9.17, 15) is 22.8 Å². The molecule has 32 heavy (non-hydrogen) atoms. The Hall–Kier alpha value is -3.49. The fourth-order valence-electron chi connectivity index (χ4n) is 3.48. The molecule has 1 aromatic heterocycles. The highest BCUT2D eigenvalue weighted by atomic mass is 19.3. The molecule has 3 rings (SSSR count). The van der Waals surface area contributed by atoms with Gasteiger partial charge in [-0.1, -0.05) is 0 Å². The summed E-state index contributed by atoms with van der Waals surface area (Å²) in [4.78, 5) is 25.6. The van der Waals surface area contributed by atoms with Gasteiger partial charge in [0.2, 0.25) is 0 Å². The molecule has 0 fully saturated rings. The summed E-state index contributed by atoms with van der Waals surface area (Å²) in [5, 5.41) is 0.465. The first-order chi connectivity index (χ1) is 15.1. The summed E-state index contributed by atoms with van der Waals surface area (Å²) in [5.74, 6) is -1.83. The Bertz CT molecular complexity index is 1150. The van der Waals surface area contributed by atoms with Gasteiger partial charge in [-0.25, -0.2) is 4.39 Å². The first-order valence-corrected chi connectivity index (χ1v) is 9.78. The van der Waals surface area contributed by atoms with Crippen LogP contribution in [0.3, 0.4) is 0 Å². The molecule has 0 unspecified atom stereocenters. The molecule has 0 saturated heterocycles. The van der Waals surface area contributed by atoms with Gasteiger partial charge in [0.25, 0.3) is 5.91 Å². The third-order valence-electron chi connectivity index (χ3n) is 4.83. The fraction of sp³-hybridized carbons (Fsp3) is 0.304. The summed E-state index contributed by atoms with van der Waals surface area (Å²) in [6.45, 7) is 2.09. The second kappa shape index (κ2) is 9.33. The van der Waals surface area contributed by atoms with Crippen LogP contribution in [0.4, 0.5) is 13.2 Å². The van der Waals surface area contributed by atoms with Crippen molar-refractivity contribution in [3.8, 4) is 11.5 Å². The average Bonchev–Trinajstić information content (AvgIpc) is 2.96. The van der Waals surface area contributed by atoms with Gasteiger partial charge in [0.1, 0.15) is 5.75 Å². The molecule has 6 nitrogen and oxygen atoms in total. The van der Waals surface area contributed by atoms with Crippen molar-refractivity contribution in [1.82, 2.24) is 4.57 Å². The topological polar surface area (TPSA) is 66.8 Å². The van der Waals surface area contributed by atoms with E-state index < -0.39 is 24.3 Å². The predicted molar refractivity (Wildman–Crippen MR) is 111 cm³/mol. The maximum atomic E-state index is 14.5. The highest BCUT2D eigenvalue weighted by molar-refractivity contribution is 6.05. The van der Waals surface area contributed by atoms with Crippen molar-refractivity contribution in [3.05, 3.63) is 59.0 Å². The van der Waals surface area contributed by atoms with E-state index in [1.54, 1.807) is 20.8 Å². The first kappa shape index (κ1) is 23.2. The van der Waals surface area contributed by atoms with Crippen LogP contribution >= 0.6 is 0 Å². The summed E-state index contributed by atoms with van der Waals surface area (Å²) in [7, 11) is 1.31. The second-order valence-electron chi connectivity index (χ2n) is 7.33. The molecule has 0 saturated carbocycles. The predicted octanol–water partition coefficient (Wildman–Crippen LogP) is 4.88. The number of esters is 1. The lowest BCUT2D eigenvalue weighted by Crippen LogP contribution is -2.16. The molecule has 0 aliphatic rings. The number of hydrogen-bond acceptors (Lipinski definition) is 5. The molecule has 9 heteroatoms. The Balaban J connectivity index is 2.11. The molecule has 0 radical (unpaired) electrons. The number of fused-ring (bicyclic) bond motifs is 1. The number of carbonyl (C=O) groups is 2. The van der Waals surface area contributed by atoms with Gasteiger partial charge < -0.3 is 14.2 Å². The molecular formula is C23H22F3NO5.